The number of hydrogen-bond donors (Lipinski definition) is 2. The van der Waals surface area contributed by atoms with E-state index in [9.17, 15) is 0 Å². The largest absolute Gasteiger partial charge is 0.389 e. The maximum atomic E-state index is 5.62. The minimum atomic E-state index is 0.422. The summed E-state index contributed by atoms with van der Waals surface area (Å²) in [6, 6.07) is 5.88. The van der Waals surface area contributed by atoms with Crippen LogP contribution in [0, 0.1) is 6.92 Å². The Morgan fingerprint density at radius 2 is 2.28 bits per heavy atom. The molecule has 0 saturated carbocycles. The molecule has 0 unspecified atom stereocenters. The molecular formula is C12H15N5S. The molecule has 3 N–H and O–H groups in total. The van der Waals surface area contributed by atoms with Gasteiger partial charge in [0.15, 0.2) is 5.82 Å². The van der Waals surface area contributed by atoms with Crippen LogP contribution in [-0.4, -0.2) is 19.8 Å². The first-order chi connectivity index (χ1) is 8.56. The molecule has 1 heterocycles. The van der Waals surface area contributed by atoms with Crippen molar-refractivity contribution in [2.24, 2.45) is 12.8 Å². The summed E-state index contributed by atoms with van der Waals surface area (Å²) in [6.45, 7) is 2.57. The second kappa shape index (κ2) is 5.14. The summed E-state index contributed by atoms with van der Waals surface area (Å²) < 4.78 is 1.68. The van der Waals surface area contributed by atoms with E-state index in [1.54, 1.807) is 11.0 Å². The zero-order chi connectivity index (χ0) is 13.1. The SMILES string of the molecule is Cc1cc(NCc2ncn(C)n2)ccc1C(N)=S. The summed E-state index contributed by atoms with van der Waals surface area (Å²) in [7, 11) is 1.84. The minimum absolute atomic E-state index is 0.422. The van der Waals surface area contributed by atoms with Crippen LogP contribution in [0.25, 0.3) is 0 Å². The minimum Gasteiger partial charge on any atom is -0.389 e. The molecule has 18 heavy (non-hydrogen) atoms. The Morgan fingerprint density at radius 1 is 1.50 bits per heavy atom. The van der Waals surface area contributed by atoms with Crippen LogP contribution in [-0.2, 0) is 13.6 Å². The molecular weight excluding hydrogens is 246 g/mol. The summed E-state index contributed by atoms with van der Waals surface area (Å²) in [5.41, 5.74) is 8.59. The smallest absolute Gasteiger partial charge is 0.169 e. The highest BCUT2D eigenvalue weighted by molar-refractivity contribution is 7.80. The highest BCUT2D eigenvalue weighted by atomic mass is 32.1. The molecule has 1 aromatic heterocycles. The summed E-state index contributed by atoms with van der Waals surface area (Å²) in [5.74, 6) is 0.758. The van der Waals surface area contributed by atoms with Gasteiger partial charge in [-0.15, -0.1) is 0 Å². The third-order valence-corrected chi connectivity index (χ3v) is 2.81. The number of rotatable bonds is 4. The van der Waals surface area contributed by atoms with E-state index in [0.717, 1.165) is 22.6 Å². The number of thiocarbonyl (C=S) groups is 1. The van der Waals surface area contributed by atoms with Gasteiger partial charge in [0, 0.05) is 18.3 Å². The van der Waals surface area contributed by atoms with E-state index in [1.165, 1.54) is 0 Å². The second-order valence-electron chi connectivity index (χ2n) is 4.08. The number of aromatic nitrogens is 3. The third-order valence-electron chi connectivity index (χ3n) is 2.59. The number of hydrogen-bond acceptors (Lipinski definition) is 4. The van der Waals surface area contributed by atoms with Gasteiger partial charge in [0.25, 0.3) is 0 Å². The van der Waals surface area contributed by atoms with E-state index in [4.69, 9.17) is 18.0 Å². The fraction of sp³-hybridized carbons (Fsp3) is 0.250. The molecule has 0 atom stereocenters. The number of nitrogens with two attached hydrogens (primary N) is 1. The van der Waals surface area contributed by atoms with Crippen LogP contribution in [0.1, 0.15) is 17.0 Å². The molecule has 1 aromatic carbocycles. The Labute approximate surface area is 111 Å². The Balaban J connectivity index is 2.06. The predicted octanol–water partition coefficient (Wildman–Crippen LogP) is 1.37. The van der Waals surface area contributed by atoms with Crippen LogP contribution in [0.4, 0.5) is 5.69 Å². The van der Waals surface area contributed by atoms with Gasteiger partial charge in [-0.3, -0.25) is 4.68 Å². The number of anilines is 1. The Bertz CT molecular complexity index is 576. The van der Waals surface area contributed by atoms with Gasteiger partial charge >= 0.3 is 0 Å². The number of benzene rings is 1. The molecule has 0 aliphatic rings. The lowest BCUT2D eigenvalue weighted by Crippen LogP contribution is -2.11. The lowest BCUT2D eigenvalue weighted by atomic mass is 10.1. The van der Waals surface area contributed by atoms with Crippen molar-refractivity contribution in [2.45, 2.75) is 13.5 Å². The van der Waals surface area contributed by atoms with Crippen molar-refractivity contribution in [3.63, 3.8) is 0 Å². The lowest BCUT2D eigenvalue weighted by Gasteiger charge is -2.08. The molecule has 0 saturated heterocycles. The van der Waals surface area contributed by atoms with E-state index in [1.807, 2.05) is 32.2 Å². The highest BCUT2D eigenvalue weighted by Crippen LogP contribution is 2.15. The Morgan fingerprint density at radius 3 is 2.83 bits per heavy atom. The van der Waals surface area contributed by atoms with Crippen molar-refractivity contribution in [3.8, 4) is 0 Å². The molecule has 0 spiro atoms. The molecule has 0 bridgehead atoms. The van der Waals surface area contributed by atoms with Gasteiger partial charge in [-0.05, 0) is 30.7 Å². The van der Waals surface area contributed by atoms with Gasteiger partial charge in [-0.25, -0.2) is 4.98 Å². The quantitative estimate of drug-likeness (QED) is 0.814. The summed E-state index contributed by atoms with van der Waals surface area (Å²) in [4.78, 5) is 4.57. The van der Waals surface area contributed by atoms with Crippen LogP contribution in [0.3, 0.4) is 0 Å². The first kappa shape index (κ1) is 12.5. The molecule has 0 amide bonds. The van der Waals surface area contributed by atoms with E-state index in [-0.39, 0.29) is 0 Å². The standard InChI is InChI=1S/C12H15N5S/c1-8-5-9(3-4-10(8)12(13)18)14-6-11-15-7-17(2)16-11/h3-5,7,14H,6H2,1-2H3,(H2,13,18). The zero-order valence-corrected chi connectivity index (χ0v) is 11.2. The van der Waals surface area contributed by atoms with E-state index < -0.39 is 0 Å². The van der Waals surface area contributed by atoms with Crippen molar-refractivity contribution in [1.29, 1.82) is 0 Å². The molecule has 2 aromatic rings. The van der Waals surface area contributed by atoms with E-state index in [0.29, 0.717) is 11.5 Å². The van der Waals surface area contributed by atoms with Crippen molar-refractivity contribution in [2.75, 3.05) is 5.32 Å². The molecule has 0 aliphatic heterocycles. The average Bonchev–Trinajstić information content (AvgIpc) is 2.72. The molecule has 5 nitrogen and oxygen atoms in total. The van der Waals surface area contributed by atoms with Crippen LogP contribution in [0.5, 0.6) is 0 Å². The second-order valence-corrected chi connectivity index (χ2v) is 4.52. The van der Waals surface area contributed by atoms with E-state index in [2.05, 4.69) is 15.4 Å². The average molecular weight is 261 g/mol. The molecule has 0 fully saturated rings. The van der Waals surface area contributed by atoms with Crippen molar-refractivity contribution >= 4 is 22.9 Å². The number of aryl methyl sites for hydroxylation is 2. The molecule has 0 radical (unpaired) electrons. The fourth-order valence-electron chi connectivity index (χ4n) is 1.70. The first-order valence-corrected chi connectivity index (χ1v) is 5.96. The van der Waals surface area contributed by atoms with Crippen LogP contribution >= 0.6 is 12.2 Å². The maximum absolute atomic E-state index is 5.62. The third kappa shape index (κ3) is 2.84. The monoisotopic (exact) mass is 261 g/mol. The summed E-state index contributed by atoms with van der Waals surface area (Å²) in [6.07, 6.45) is 1.68. The maximum Gasteiger partial charge on any atom is 0.169 e. The van der Waals surface area contributed by atoms with Crippen LogP contribution in [0.15, 0.2) is 24.5 Å². The Kier molecular flexibility index (Phi) is 3.57. The first-order valence-electron chi connectivity index (χ1n) is 5.55. The van der Waals surface area contributed by atoms with Crippen LogP contribution in [0.2, 0.25) is 0 Å². The highest BCUT2D eigenvalue weighted by Gasteiger charge is 2.03. The molecule has 0 aliphatic carbocycles. The van der Waals surface area contributed by atoms with Crippen LogP contribution < -0.4 is 11.1 Å². The number of nitrogens with zero attached hydrogens (tertiary/aromatic N) is 3. The normalized spacial score (nSPS) is 10.3. The zero-order valence-electron chi connectivity index (χ0n) is 10.3. The number of nitrogens with one attached hydrogen (secondary N) is 1. The van der Waals surface area contributed by atoms with Crippen molar-refractivity contribution in [3.05, 3.63) is 41.5 Å². The topological polar surface area (TPSA) is 68.8 Å². The summed E-state index contributed by atoms with van der Waals surface area (Å²) >= 11 is 4.97. The molecule has 6 heteroatoms. The van der Waals surface area contributed by atoms with E-state index >= 15 is 0 Å². The summed E-state index contributed by atoms with van der Waals surface area (Å²) in [5, 5.41) is 7.46. The molecule has 94 valence electrons. The van der Waals surface area contributed by atoms with Gasteiger partial charge in [-0.2, -0.15) is 5.10 Å². The van der Waals surface area contributed by atoms with Gasteiger partial charge in [-0.1, -0.05) is 12.2 Å². The van der Waals surface area contributed by atoms with Crippen molar-refractivity contribution in [1.82, 2.24) is 14.8 Å². The predicted molar refractivity (Wildman–Crippen MR) is 75.4 cm³/mol. The molecule has 2 rings (SSSR count). The van der Waals surface area contributed by atoms with Gasteiger partial charge < -0.3 is 11.1 Å². The fourth-order valence-corrected chi connectivity index (χ4v) is 1.93. The Hall–Kier alpha value is -1.95. The van der Waals surface area contributed by atoms with Gasteiger partial charge in [0.05, 0.1) is 6.54 Å². The van der Waals surface area contributed by atoms with Gasteiger partial charge in [0.2, 0.25) is 0 Å². The lowest BCUT2D eigenvalue weighted by molar-refractivity contribution is 0.747. The van der Waals surface area contributed by atoms with Crippen molar-refractivity contribution < 1.29 is 0 Å². The van der Waals surface area contributed by atoms with Gasteiger partial charge in [0.1, 0.15) is 11.3 Å².